The Morgan fingerprint density at radius 1 is 0.500 bits per heavy atom. The number of rotatable bonds is 0. The van der Waals surface area contributed by atoms with E-state index in [-0.39, 0.29) is 46.1 Å². The van der Waals surface area contributed by atoms with E-state index in [2.05, 4.69) is 0 Å². The van der Waals surface area contributed by atoms with Gasteiger partial charge < -0.3 is 0 Å². The minimum absolute atomic E-state index is 0. The van der Waals surface area contributed by atoms with Crippen LogP contribution in [0.3, 0.4) is 0 Å². The molecule has 36 valence electrons. The van der Waals surface area contributed by atoms with Gasteiger partial charge in [-0.15, -0.1) is 0 Å². The van der Waals surface area contributed by atoms with Crippen LogP contribution in [0.2, 0.25) is 0 Å². The van der Waals surface area contributed by atoms with Crippen molar-refractivity contribution in [1.29, 1.82) is 0 Å². The van der Waals surface area contributed by atoms with Gasteiger partial charge in [0, 0.05) is 0 Å². The molecular weight excluding hydrogens is 96.7 g/mol. The quantitative estimate of drug-likeness (QED) is 0.394. The Bertz CT molecular complexity index is 5.51. The van der Waals surface area contributed by atoms with Gasteiger partial charge in [-0.2, -0.15) is 0 Å². The highest BCUT2D eigenvalue weighted by atomic mass is 24.3. The molecule has 0 spiro atoms. The highest BCUT2D eigenvalue weighted by Gasteiger charge is 0.934. The maximum Gasteiger partial charge on any atom is 0.316 e. The summed E-state index contributed by atoms with van der Waals surface area (Å²) in [6, 6.07) is 0. The third-order valence-corrected chi connectivity index (χ3v) is 0. The molecule has 0 nitrogen and oxygen atoms in total. The molecule has 0 aliphatic carbocycles. The second-order valence-electron chi connectivity index (χ2n) is 0. The summed E-state index contributed by atoms with van der Waals surface area (Å²) in [5.41, 5.74) is 0. The summed E-state index contributed by atoms with van der Waals surface area (Å²) < 4.78 is 0. The van der Waals surface area contributed by atoms with E-state index < -0.39 is 0 Å². The molecule has 0 fully saturated rings. The van der Waals surface area contributed by atoms with Crippen LogP contribution in [0.1, 0.15) is 27.7 Å². The fourth-order valence-electron chi connectivity index (χ4n) is 0. The fraction of sp³-hybridized carbons (Fsp3) is 1.00. The van der Waals surface area contributed by atoms with Gasteiger partial charge in [0.05, 0.1) is 0 Å². The minimum Gasteiger partial charge on any atom is -0.0683 e. The first-order valence-corrected chi connectivity index (χ1v) is 2.00. The number of hydrogen-bond acceptors (Lipinski definition) is 0. The van der Waals surface area contributed by atoms with Gasteiger partial charge in [0.15, 0.2) is 0 Å². The van der Waals surface area contributed by atoms with Crippen LogP contribution in [-0.4, -0.2) is 46.1 Å². The van der Waals surface area contributed by atoms with Crippen molar-refractivity contribution in [2.75, 3.05) is 0 Å². The standard InChI is InChI=1S/2C2H6.2Mg.4H/c2*1-2;;;;;;/h2*1-2H3;;;;;;. The molecule has 0 saturated carbocycles. The first-order valence-electron chi connectivity index (χ1n) is 2.00. The van der Waals surface area contributed by atoms with Gasteiger partial charge in [-0.3, -0.25) is 0 Å². The van der Waals surface area contributed by atoms with E-state index in [4.69, 9.17) is 0 Å². The molecular formula is C4H16Mg2. The van der Waals surface area contributed by atoms with Crippen LogP contribution >= 0.6 is 0 Å². The summed E-state index contributed by atoms with van der Waals surface area (Å²) in [4.78, 5) is 0. The Balaban J connectivity index is -0.00000000500. The third-order valence-electron chi connectivity index (χ3n) is 0. The van der Waals surface area contributed by atoms with Gasteiger partial charge >= 0.3 is 46.1 Å². The summed E-state index contributed by atoms with van der Waals surface area (Å²) in [6.45, 7) is 8.00. The van der Waals surface area contributed by atoms with Crippen LogP contribution in [0.4, 0.5) is 0 Å². The van der Waals surface area contributed by atoms with Crippen molar-refractivity contribution in [3.05, 3.63) is 0 Å². The zero-order chi connectivity index (χ0) is 4.00. The van der Waals surface area contributed by atoms with Crippen molar-refractivity contribution < 1.29 is 0 Å². The molecule has 0 unspecified atom stereocenters. The van der Waals surface area contributed by atoms with Gasteiger partial charge in [-0.1, -0.05) is 27.7 Å². The van der Waals surface area contributed by atoms with Crippen molar-refractivity contribution in [1.82, 2.24) is 0 Å². The largest absolute Gasteiger partial charge is 0.316 e. The van der Waals surface area contributed by atoms with Crippen molar-refractivity contribution in [3.8, 4) is 0 Å². The lowest BCUT2D eigenvalue weighted by atomic mass is 11.0. The Morgan fingerprint density at radius 2 is 0.500 bits per heavy atom. The lowest BCUT2D eigenvalue weighted by Gasteiger charge is -1.07. The molecule has 6 heavy (non-hydrogen) atoms. The molecule has 0 aromatic carbocycles. The summed E-state index contributed by atoms with van der Waals surface area (Å²) in [6.07, 6.45) is 0. The predicted molar refractivity (Wildman–Crippen MR) is 39.8 cm³/mol. The second-order valence-corrected chi connectivity index (χ2v) is 0. The predicted octanol–water partition coefficient (Wildman–Crippen LogP) is 0.220. The second kappa shape index (κ2) is 85.1. The van der Waals surface area contributed by atoms with E-state index in [0.717, 1.165) is 0 Å². The highest BCUT2D eigenvalue weighted by molar-refractivity contribution is 5.76. The third kappa shape index (κ3) is 48.4. The van der Waals surface area contributed by atoms with Crippen molar-refractivity contribution in [2.45, 2.75) is 27.7 Å². The van der Waals surface area contributed by atoms with Crippen LogP contribution < -0.4 is 0 Å². The molecule has 0 heterocycles. The van der Waals surface area contributed by atoms with Gasteiger partial charge in [-0.25, -0.2) is 0 Å². The molecule has 0 saturated heterocycles. The van der Waals surface area contributed by atoms with Crippen molar-refractivity contribution >= 4 is 46.1 Å². The van der Waals surface area contributed by atoms with E-state index in [1.807, 2.05) is 27.7 Å². The Kier molecular flexibility index (Phi) is 366. The zero-order valence-corrected chi connectivity index (χ0v) is 4.00. The Labute approximate surface area is 73.4 Å². The smallest absolute Gasteiger partial charge is 0.0683 e. The average Bonchev–Trinajstić information content (AvgIpc) is 1.50. The van der Waals surface area contributed by atoms with Crippen molar-refractivity contribution in [2.24, 2.45) is 0 Å². The summed E-state index contributed by atoms with van der Waals surface area (Å²) in [5.74, 6) is 0. The van der Waals surface area contributed by atoms with E-state index in [0.29, 0.717) is 0 Å². The van der Waals surface area contributed by atoms with Crippen molar-refractivity contribution in [3.63, 3.8) is 0 Å². The molecule has 0 aliphatic rings. The van der Waals surface area contributed by atoms with E-state index in [9.17, 15) is 0 Å². The molecule has 0 amide bonds. The molecule has 0 radical (unpaired) electrons. The minimum atomic E-state index is 0. The van der Waals surface area contributed by atoms with E-state index in [1.54, 1.807) is 0 Å². The summed E-state index contributed by atoms with van der Waals surface area (Å²) >= 11 is 0. The molecule has 0 rings (SSSR count). The maximum atomic E-state index is 2.00. The number of hydrogen-bond donors (Lipinski definition) is 0. The van der Waals surface area contributed by atoms with Gasteiger partial charge in [0.1, 0.15) is 0 Å². The van der Waals surface area contributed by atoms with Crippen LogP contribution in [0.25, 0.3) is 0 Å². The van der Waals surface area contributed by atoms with E-state index >= 15 is 0 Å². The molecule has 0 aromatic heterocycles. The zero-order valence-electron chi connectivity index (χ0n) is 4.00. The normalized spacial score (nSPS) is 2.00. The lowest BCUT2D eigenvalue weighted by Crippen LogP contribution is -0.856. The molecule has 0 atom stereocenters. The lowest BCUT2D eigenvalue weighted by molar-refractivity contribution is 1.50. The average molecular weight is 113 g/mol. The molecule has 0 aromatic rings. The fourth-order valence-corrected chi connectivity index (χ4v) is 0. The Hall–Kier alpha value is 1.53. The monoisotopic (exact) mass is 112 g/mol. The first kappa shape index (κ1) is 25.8. The Morgan fingerprint density at radius 3 is 0.500 bits per heavy atom. The van der Waals surface area contributed by atoms with Crippen LogP contribution in [0.15, 0.2) is 0 Å². The summed E-state index contributed by atoms with van der Waals surface area (Å²) in [7, 11) is 0. The van der Waals surface area contributed by atoms with Crippen LogP contribution in [-0.2, 0) is 0 Å². The molecule has 0 aliphatic heterocycles. The van der Waals surface area contributed by atoms with Gasteiger partial charge in [0.25, 0.3) is 0 Å². The van der Waals surface area contributed by atoms with E-state index in [1.165, 1.54) is 0 Å². The first-order chi connectivity index (χ1) is 2.00. The van der Waals surface area contributed by atoms with Gasteiger partial charge in [0.2, 0.25) is 0 Å². The molecule has 0 N–H and O–H groups in total. The topological polar surface area (TPSA) is 0 Å². The summed E-state index contributed by atoms with van der Waals surface area (Å²) in [5, 5.41) is 0. The van der Waals surface area contributed by atoms with Crippen LogP contribution in [0.5, 0.6) is 0 Å². The highest BCUT2D eigenvalue weighted by Crippen LogP contribution is 1.15. The molecule has 0 bridgehead atoms. The maximum absolute atomic E-state index is 2.00. The SMILES string of the molecule is CC.CC.[MgH2].[MgH2]. The van der Waals surface area contributed by atoms with Gasteiger partial charge in [-0.05, 0) is 0 Å². The molecule has 2 heteroatoms. The van der Waals surface area contributed by atoms with Crippen LogP contribution in [0, 0.1) is 0 Å².